The van der Waals surface area contributed by atoms with E-state index in [9.17, 15) is 14.4 Å². The van der Waals surface area contributed by atoms with Crippen LogP contribution in [0.25, 0.3) is 0 Å². The fourth-order valence-corrected chi connectivity index (χ4v) is 11.7. The van der Waals surface area contributed by atoms with E-state index in [0.29, 0.717) is 70.9 Å². The van der Waals surface area contributed by atoms with Crippen LogP contribution in [0.4, 0.5) is 26.0 Å². The predicted octanol–water partition coefficient (Wildman–Crippen LogP) is 7.20. The second kappa shape index (κ2) is 36.1. The zero-order valence-electron chi connectivity index (χ0n) is 55.1. The Balaban J connectivity index is 0.000000292. The third kappa shape index (κ3) is 23.1. The van der Waals surface area contributed by atoms with Gasteiger partial charge < -0.3 is 63.0 Å². The standard InChI is InChI=1S/C33H48N6O6.C25H42N6O4.C4H8O.C2H6O.Pd.H2/c1-24-20-38(21-25(2)39(24)32(41)45-33(3,4)5)29-27-12-14-37(31(40)44-23-26-10-7-6-8-11-26)22-28(27)34-30(35-29)43-17-9-13-36-15-18-42-19-16-36;1-18-16-30(17-19(2)31(18)24(32)35-25(3,4)5)22-20-7-8-26-15-21(20)27-23(28-22)34-12-6-9-29-10-13-33-14-11-29;1-2-4-5-3-1;1-2-3;;/h6-8,10-11,24-25H,9,12-23H2,1-5H3;18-19,26H,6-17H2,1-5H3;1-4H2;3H,2H2,1H3;;1H/t24-,25+;18-,19+;;;;. The molecule has 0 unspecified atom stereocenters. The molecular weight excluding hydrogens is 1240 g/mol. The van der Waals surface area contributed by atoms with Gasteiger partial charge in [0.05, 0.1) is 81.7 Å². The molecule has 7 aliphatic heterocycles. The molecule has 0 aliphatic carbocycles. The monoisotopic (exact) mass is 1340 g/mol. The number of aliphatic hydroxyl groups excluding tert-OH is 1. The van der Waals surface area contributed by atoms with Gasteiger partial charge in [0, 0.05) is 131 Å². The molecule has 2 aromatic heterocycles. The number of anilines is 2. The van der Waals surface area contributed by atoms with Gasteiger partial charge in [0.1, 0.15) is 29.4 Å². The summed E-state index contributed by atoms with van der Waals surface area (Å²) in [6.07, 6.45) is 4.88. The number of nitrogens with one attached hydrogen (secondary N) is 1. The van der Waals surface area contributed by atoms with Crippen molar-refractivity contribution in [2.24, 2.45) is 0 Å². The molecule has 4 atom stereocenters. The SMILES string of the molecule is C1CCOC1.CCO.C[C@@H]1CN(c2nc(OCCCN3CCOCC3)nc3c2CCN(C(=O)OCc2ccccc2)C3)C[C@H](C)N1C(=O)OC(C)(C)C.C[C@@H]1CN(c2nc(OCCCN3CCOCC3)nc3c2CCNC3)C[C@H](C)N1C(=O)OC(C)(C)C.[HH].[Pd]. The van der Waals surface area contributed by atoms with Crippen LogP contribution < -0.4 is 24.6 Å². The number of aromatic nitrogens is 4. The Labute approximate surface area is 544 Å². The summed E-state index contributed by atoms with van der Waals surface area (Å²) in [7, 11) is 0. The van der Waals surface area contributed by atoms with Crippen LogP contribution in [0.15, 0.2) is 30.3 Å². The van der Waals surface area contributed by atoms with E-state index >= 15 is 0 Å². The normalized spacial score (nSPS) is 21.4. The number of carbonyl (C=O) groups excluding carboxylic acids is 3. The van der Waals surface area contributed by atoms with Crippen LogP contribution in [0.3, 0.4) is 0 Å². The first-order valence-corrected chi connectivity index (χ1v) is 32.2. The van der Waals surface area contributed by atoms with E-state index in [1.807, 2.05) is 95.5 Å². The average molecular weight is 1340 g/mol. The van der Waals surface area contributed by atoms with Crippen molar-refractivity contribution in [3.05, 3.63) is 58.4 Å². The van der Waals surface area contributed by atoms with E-state index in [1.54, 1.807) is 11.8 Å². The number of fused-ring (bicyclic) bond motifs is 2. The summed E-state index contributed by atoms with van der Waals surface area (Å²) in [5, 5.41) is 11.0. The molecule has 0 saturated carbocycles. The fourth-order valence-electron chi connectivity index (χ4n) is 11.7. The van der Waals surface area contributed by atoms with Crippen LogP contribution in [0.5, 0.6) is 12.0 Å². The Morgan fingerprint density at radius 3 is 1.49 bits per heavy atom. The van der Waals surface area contributed by atoms with E-state index in [-0.39, 0.29) is 77.5 Å². The van der Waals surface area contributed by atoms with Crippen LogP contribution >= 0.6 is 0 Å². The Morgan fingerprint density at radius 2 is 1.06 bits per heavy atom. The van der Waals surface area contributed by atoms with Crippen LogP contribution in [-0.2, 0) is 81.4 Å². The Hall–Kier alpha value is -5.23. The number of amides is 3. The molecule has 9 heterocycles. The Bertz CT molecular complexity index is 2600. The molecular formula is C64H106N12O12Pd. The van der Waals surface area contributed by atoms with Gasteiger partial charge in [-0.25, -0.2) is 14.4 Å². The topological polar surface area (TPSA) is 232 Å². The van der Waals surface area contributed by atoms with Gasteiger partial charge in [-0.1, -0.05) is 30.3 Å². The number of ether oxygens (including phenoxy) is 8. The Kier molecular flexibility index (Phi) is 29.6. The first-order valence-electron chi connectivity index (χ1n) is 32.2. The average Bonchev–Trinajstić information content (AvgIpc) is 1.11. The maximum Gasteiger partial charge on any atom is 0.410 e. The quantitative estimate of drug-likeness (QED) is 0.0923. The minimum absolute atomic E-state index is 0. The van der Waals surface area contributed by atoms with Gasteiger partial charge in [-0.15, -0.1) is 0 Å². The fraction of sp³-hybridized carbons (Fsp3) is 0.734. The third-order valence-corrected chi connectivity index (χ3v) is 15.8. The molecule has 3 aromatic rings. The van der Waals surface area contributed by atoms with E-state index < -0.39 is 11.2 Å². The van der Waals surface area contributed by atoms with Crippen LogP contribution in [-0.4, -0.2) is 241 Å². The smallest absolute Gasteiger partial charge is 0.410 e. The van der Waals surface area contributed by atoms with Crippen LogP contribution in [0.1, 0.15) is 131 Å². The molecule has 5 saturated heterocycles. The maximum absolute atomic E-state index is 13.1. The molecule has 10 rings (SSSR count). The summed E-state index contributed by atoms with van der Waals surface area (Å²) in [6.45, 7) is 38.7. The molecule has 2 N–H and O–H groups in total. The molecule has 25 heteroatoms. The number of aliphatic hydroxyl groups is 1. The minimum Gasteiger partial charge on any atom is -0.463 e. The van der Waals surface area contributed by atoms with Gasteiger partial charge in [-0.3, -0.25) is 19.6 Å². The summed E-state index contributed by atoms with van der Waals surface area (Å²) in [5.74, 6) is 1.75. The van der Waals surface area contributed by atoms with E-state index in [0.717, 1.165) is 145 Å². The summed E-state index contributed by atoms with van der Waals surface area (Å²) in [4.78, 5) is 73.0. The second-order valence-corrected chi connectivity index (χ2v) is 25.6. The van der Waals surface area contributed by atoms with Gasteiger partial charge in [0.2, 0.25) is 0 Å². The predicted molar refractivity (Wildman–Crippen MR) is 338 cm³/mol. The molecule has 0 spiro atoms. The van der Waals surface area contributed by atoms with Gasteiger partial charge in [-0.2, -0.15) is 19.9 Å². The molecule has 7 aliphatic rings. The summed E-state index contributed by atoms with van der Waals surface area (Å²) in [6, 6.07) is 10.2. The van der Waals surface area contributed by atoms with E-state index in [4.69, 9.17) is 62.9 Å². The van der Waals surface area contributed by atoms with E-state index in [1.165, 1.54) is 18.4 Å². The first kappa shape index (κ1) is 72.8. The number of hydrogen-bond donors (Lipinski definition) is 2. The summed E-state index contributed by atoms with van der Waals surface area (Å²) < 4.78 is 45.0. The molecule has 0 radical (unpaired) electrons. The Morgan fingerprint density at radius 1 is 0.618 bits per heavy atom. The number of benzene rings is 1. The number of nitrogens with zero attached hydrogens (tertiary/aromatic N) is 11. The number of hydrogen-bond acceptors (Lipinski definition) is 21. The first-order chi connectivity index (χ1) is 42.2. The van der Waals surface area contributed by atoms with Crippen LogP contribution in [0.2, 0.25) is 0 Å². The van der Waals surface area contributed by atoms with Crippen molar-refractivity contribution in [1.82, 2.24) is 49.8 Å². The molecule has 5 fully saturated rings. The van der Waals surface area contributed by atoms with Crippen molar-refractivity contribution in [2.45, 2.75) is 170 Å². The molecule has 24 nitrogen and oxygen atoms in total. The van der Waals surface area contributed by atoms with Crippen molar-refractivity contribution >= 4 is 29.9 Å². The molecule has 3 amide bonds. The molecule has 89 heavy (non-hydrogen) atoms. The van der Waals surface area contributed by atoms with Crippen molar-refractivity contribution < 1.29 is 79.2 Å². The molecule has 1 aromatic carbocycles. The van der Waals surface area contributed by atoms with Crippen LogP contribution in [0, 0.1) is 0 Å². The van der Waals surface area contributed by atoms with Crippen molar-refractivity contribution in [3.63, 3.8) is 0 Å². The number of piperazine rings is 2. The number of morpholine rings is 2. The summed E-state index contributed by atoms with van der Waals surface area (Å²) in [5.41, 5.74) is 3.83. The second-order valence-electron chi connectivity index (χ2n) is 25.6. The van der Waals surface area contributed by atoms with E-state index in [2.05, 4.69) is 38.8 Å². The van der Waals surface area contributed by atoms with Gasteiger partial charge in [0.15, 0.2) is 0 Å². The van der Waals surface area contributed by atoms with Crippen molar-refractivity contribution in [2.75, 3.05) is 148 Å². The molecule has 0 bridgehead atoms. The summed E-state index contributed by atoms with van der Waals surface area (Å²) >= 11 is 0. The largest absolute Gasteiger partial charge is 0.463 e. The van der Waals surface area contributed by atoms with Gasteiger partial charge in [0.25, 0.3) is 0 Å². The van der Waals surface area contributed by atoms with Gasteiger partial charge in [-0.05, 0) is 127 Å². The van der Waals surface area contributed by atoms with Crippen molar-refractivity contribution in [1.29, 1.82) is 0 Å². The third-order valence-electron chi connectivity index (χ3n) is 15.8. The molecule has 504 valence electrons. The van der Waals surface area contributed by atoms with Gasteiger partial charge >= 0.3 is 30.3 Å². The minimum atomic E-state index is -0.568. The number of carbonyl (C=O) groups is 3. The maximum atomic E-state index is 13.1. The zero-order valence-corrected chi connectivity index (χ0v) is 56.6. The zero-order chi connectivity index (χ0) is 63.2. The number of rotatable bonds is 14. The van der Waals surface area contributed by atoms with Crippen molar-refractivity contribution in [3.8, 4) is 12.0 Å².